The SMILES string of the molecule is C#C[C@H](O)C(COP(=S)(NC(C)C(=O)OC(C)C)Oc1ccc(F)c(Cl)c1)OC. The molecule has 0 aliphatic heterocycles. The first kappa shape index (κ1) is 25.8. The van der Waals surface area contributed by atoms with Gasteiger partial charge in [0.25, 0.3) is 0 Å². The van der Waals surface area contributed by atoms with E-state index >= 15 is 0 Å². The van der Waals surface area contributed by atoms with Gasteiger partial charge in [-0.3, -0.25) is 4.79 Å². The summed E-state index contributed by atoms with van der Waals surface area (Å²) in [4.78, 5) is 12.1. The first-order chi connectivity index (χ1) is 13.5. The molecule has 0 bridgehead atoms. The van der Waals surface area contributed by atoms with Gasteiger partial charge < -0.3 is 23.6 Å². The van der Waals surface area contributed by atoms with E-state index in [0.29, 0.717) is 0 Å². The molecule has 1 aromatic carbocycles. The Hall–Kier alpha value is -1.24. The van der Waals surface area contributed by atoms with E-state index in [1.165, 1.54) is 26.2 Å². The molecule has 7 nitrogen and oxygen atoms in total. The minimum Gasteiger partial charge on any atom is -0.462 e. The van der Waals surface area contributed by atoms with Crippen molar-refractivity contribution in [1.82, 2.24) is 5.09 Å². The highest BCUT2D eigenvalue weighted by Gasteiger charge is 2.30. The lowest BCUT2D eigenvalue weighted by Crippen LogP contribution is -2.37. The van der Waals surface area contributed by atoms with Crippen molar-refractivity contribution in [2.24, 2.45) is 0 Å². The molecule has 162 valence electrons. The van der Waals surface area contributed by atoms with Gasteiger partial charge in [-0.1, -0.05) is 17.5 Å². The van der Waals surface area contributed by atoms with Crippen LogP contribution in [0.25, 0.3) is 0 Å². The summed E-state index contributed by atoms with van der Waals surface area (Å²) in [5.41, 5.74) is 0. The van der Waals surface area contributed by atoms with Gasteiger partial charge in [-0.2, -0.15) is 0 Å². The number of carbonyl (C=O) groups is 1. The van der Waals surface area contributed by atoms with Crippen LogP contribution in [0.3, 0.4) is 0 Å². The highest BCUT2D eigenvalue weighted by atomic mass is 35.5. The summed E-state index contributed by atoms with van der Waals surface area (Å²) in [7, 11) is 1.34. The van der Waals surface area contributed by atoms with E-state index in [9.17, 15) is 14.3 Å². The molecular weight excluding hydrogens is 444 g/mol. The predicted octanol–water partition coefficient (Wildman–Crippen LogP) is 3.04. The first-order valence-electron chi connectivity index (χ1n) is 8.55. The van der Waals surface area contributed by atoms with Gasteiger partial charge in [0.15, 0.2) is 0 Å². The number of aliphatic hydroxyl groups excluding tert-OH is 1. The molecule has 0 radical (unpaired) electrons. The number of terminal acetylenes is 1. The van der Waals surface area contributed by atoms with E-state index < -0.39 is 36.7 Å². The Kier molecular flexibility index (Phi) is 10.5. The standard InChI is InChI=1S/C18H24ClFNO6PS/c1-6-16(22)17(24-5)10-25-28(29,21-12(4)18(23)26-11(2)3)27-13-7-8-15(20)14(19)9-13/h1,7-9,11-12,16-17,22H,10H2,2-5H3,(H,21,29)/t12?,16-,17?,28?/m0/s1. The molecule has 2 N–H and O–H groups in total. The van der Waals surface area contributed by atoms with Crippen molar-refractivity contribution in [2.75, 3.05) is 13.7 Å². The van der Waals surface area contributed by atoms with E-state index in [-0.39, 0.29) is 23.5 Å². The van der Waals surface area contributed by atoms with Gasteiger partial charge >= 0.3 is 12.6 Å². The zero-order chi connectivity index (χ0) is 22.2. The third kappa shape index (κ3) is 8.57. The third-order valence-electron chi connectivity index (χ3n) is 3.41. The number of nitrogens with one attached hydrogen (secondary N) is 1. The van der Waals surface area contributed by atoms with Crippen LogP contribution in [0.1, 0.15) is 20.8 Å². The van der Waals surface area contributed by atoms with Crippen LogP contribution in [-0.2, 0) is 30.6 Å². The molecule has 1 aromatic rings. The summed E-state index contributed by atoms with van der Waals surface area (Å²) >= 11 is 11.3. The molecule has 4 atom stereocenters. The third-order valence-corrected chi connectivity index (χ3v) is 6.20. The maximum atomic E-state index is 13.4. The molecule has 0 aliphatic carbocycles. The number of rotatable bonds is 11. The Bertz CT molecular complexity index is 790. The van der Waals surface area contributed by atoms with E-state index in [1.807, 2.05) is 0 Å². The number of aliphatic hydroxyl groups is 1. The average molecular weight is 468 g/mol. The molecule has 0 heterocycles. The Balaban J connectivity index is 3.05. The molecule has 1 rings (SSSR count). The van der Waals surface area contributed by atoms with Gasteiger partial charge in [0.05, 0.1) is 17.7 Å². The number of methoxy groups -OCH3 is 1. The number of hydrogen-bond donors (Lipinski definition) is 2. The normalized spacial score (nSPS) is 16.4. The quantitative estimate of drug-likeness (QED) is 0.292. The summed E-state index contributed by atoms with van der Waals surface area (Å²) in [6, 6.07) is 2.77. The van der Waals surface area contributed by atoms with Crippen LogP contribution in [0, 0.1) is 18.2 Å². The van der Waals surface area contributed by atoms with E-state index in [2.05, 4.69) is 11.0 Å². The van der Waals surface area contributed by atoms with Gasteiger partial charge in [0.2, 0.25) is 0 Å². The second-order valence-electron chi connectivity index (χ2n) is 6.18. The van der Waals surface area contributed by atoms with Crippen molar-refractivity contribution in [2.45, 2.75) is 45.1 Å². The van der Waals surface area contributed by atoms with Crippen molar-refractivity contribution in [3.63, 3.8) is 0 Å². The molecule has 3 unspecified atom stereocenters. The van der Waals surface area contributed by atoms with Crippen LogP contribution in [0.5, 0.6) is 5.75 Å². The Labute approximate surface area is 180 Å². The van der Waals surface area contributed by atoms with Crippen molar-refractivity contribution < 1.29 is 32.8 Å². The van der Waals surface area contributed by atoms with Crippen LogP contribution < -0.4 is 9.61 Å². The number of hydrogen-bond acceptors (Lipinski definition) is 7. The monoisotopic (exact) mass is 467 g/mol. The number of carbonyl (C=O) groups excluding carboxylic acids is 1. The zero-order valence-corrected chi connectivity index (χ0v) is 18.9. The number of halogens is 2. The van der Waals surface area contributed by atoms with Crippen molar-refractivity contribution in [1.29, 1.82) is 0 Å². The molecular formula is C18H24ClFNO6PS. The minimum absolute atomic E-state index is 0.128. The number of ether oxygens (including phenoxy) is 2. The first-order valence-corrected chi connectivity index (χ1v) is 11.6. The largest absolute Gasteiger partial charge is 0.462 e. The van der Waals surface area contributed by atoms with Crippen molar-refractivity contribution in [3.8, 4) is 18.1 Å². The fourth-order valence-electron chi connectivity index (χ4n) is 1.95. The van der Waals surface area contributed by atoms with Gasteiger partial charge in [0, 0.05) is 13.2 Å². The highest BCUT2D eigenvalue weighted by Crippen LogP contribution is 2.46. The van der Waals surface area contributed by atoms with Crippen LogP contribution in [0.15, 0.2) is 18.2 Å². The molecule has 0 aliphatic rings. The van der Waals surface area contributed by atoms with Gasteiger partial charge in [-0.25, -0.2) is 9.48 Å². The minimum atomic E-state index is -3.41. The molecule has 0 amide bonds. The van der Waals surface area contributed by atoms with Gasteiger partial charge in [-0.05, 0) is 44.7 Å². The Morgan fingerprint density at radius 3 is 2.62 bits per heavy atom. The van der Waals surface area contributed by atoms with Crippen LogP contribution in [0.4, 0.5) is 4.39 Å². The van der Waals surface area contributed by atoms with Crippen molar-refractivity contribution >= 4 is 36.0 Å². The van der Waals surface area contributed by atoms with Crippen LogP contribution >= 0.6 is 18.2 Å². The lowest BCUT2D eigenvalue weighted by Gasteiger charge is -2.28. The molecule has 0 spiro atoms. The molecule has 11 heteroatoms. The maximum absolute atomic E-state index is 13.4. The fourth-order valence-corrected chi connectivity index (χ4v) is 4.53. The predicted molar refractivity (Wildman–Crippen MR) is 112 cm³/mol. The van der Waals surface area contributed by atoms with Crippen LogP contribution in [0.2, 0.25) is 5.02 Å². The zero-order valence-electron chi connectivity index (χ0n) is 16.4. The maximum Gasteiger partial charge on any atom is 0.323 e. The van der Waals surface area contributed by atoms with Crippen molar-refractivity contribution in [3.05, 3.63) is 29.0 Å². The number of esters is 1. The second kappa shape index (κ2) is 11.8. The second-order valence-corrected chi connectivity index (χ2v) is 9.73. The molecule has 0 fully saturated rings. The smallest absolute Gasteiger partial charge is 0.323 e. The van der Waals surface area contributed by atoms with Gasteiger partial charge in [-0.15, -0.1) is 6.42 Å². The summed E-state index contributed by atoms with van der Waals surface area (Å²) < 4.78 is 35.0. The fraction of sp³-hybridized carbons (Fsp3) is 0.500. The summed E-state index contributed by atoms with van der Waals surface area (Å²) in [6.07, 6.45) is 2.74. The van der Waals surface area contributed by atoms with Crippen LogP contribution in [-0.4, -0.2) is 49.1 Å². The molecule has 0 saturated carbocycles. The van der Waals surface area contributed by atoms with E-state index in [4.69, 9.17) is 48.4 Å². The number of benzene rings is 1. The summed E-state index contributed by atoms with van der Waals surface area (Å²) in [6.45, 7) is 1.31. The molecule has 0 saturated heterocycles. The lowest BCUT2D eigenvalue weighted by molar-refractivity contribution is -0.149. The highest BCUT2D eigenvalue weighted by molar-refractivity contribution is 8.09. The summed E-state index contributed by atoms with van der Waals surface area (Å²) in [5.74, 6) is 1.06. The molecule has 29 heavy (non-hydrogen) atoms. The topological polar surface area (TPSA) is 86.3 Å². The van der Waals surface area contributed by atoms with Gasteiger partial charge in [0.1, 0.15) is 29.8 Å². The Morgan fingerprint density at radius 1 is 1.45 bits per heavy atom. The molecule has 0 aromatic heterocycles. The Morgan fingerprint density at radius 2 is 2.10 bits per heavy atom. The van der Waals surface area contributed by atoms with E-state index in [1.54, 1.807) is 13.8 Å². The van der Waals surface area contributed by atoms with E-state index in [0.717, 1.165) is 6.07 Å². The summed E-state index contributed by atoms with van der Waals surface area (Å²) in [5, 5.41) is 12.4. The average Bonchev–Trinajstić information content (AvgIpc) is 2.64. The lowest BCUT2D eigenvalue weighted by atomic mass is 10.2.